The fourth-order valence-electron chi connectivity index (χ4n) is 8.16. The van der Waals surface area contributed by atoms with Crippen molar-refractivity contribution < 1.29 is 14.2 Å². The fraction of sp³-hybridized carbons (Fsp3) is 0.455. The third-order valence-corrected chi connectivity index (χ3v) is 11.3. The maximum Gasteiger partial charge on any atom is 0.262 e. The van der Waals surface area contributed by atoms with Crippen LogP contribution in [0.1, 0.15) is 59.2 Å². The molecule has 2 aromatic heterocycles. The molecule has 0 N–H and O–H groups in total. The van der Waals surface area contributed by atoms with Gasteiger partial charge in [0.05, 0.1) is 33.0 Å². The number of hydrogen-bond donors (Lipinski definition) is 0. The van der Waals surface area contributed by atoms with Crippen molar-refractivity contribution >= 4 is 21.6 Å². The summed E-state index contributed by atoms with van der Waals surface area (Å²) in [4.78, 5) is 21.1. The summed E-state index contributed by atoms with van der Waals surface area (Å²) in [6.45, 7) is 3.02. The summed E-state index contributed by atoms with van der Waals surface area (Å²) >= 11 is 1.76. The number of rotatable bonds is 6. The molecule has 1 fully saturated rings. The van der Waals surface area contributed by atoms with E-state index in [-0.39, 0.29) is 11.0 Å². The van der Waals surface area contributed by atoms with E-state index in [0.29, 0.717) is 42.2 Å². The average molecular weight is 557 g/mol. The Kier molecular flexibility index (Phi) is 6.19. The molecule has 0 radical (unpaired) electrons. The summed E-state index contributed by atoms with van der Waals surface area (Å²) in [5.74, 6) is 4.20. The second-order valence-corrected chi connectivity index (χ2v) is 13.0. The van der Waals surface area contributed by atoms with E-state index in [0.717, 1.165) is 40.8 Å². The molecule has 6 nitrogen and oxygen atoms in total. The highest BCUT2D eigenvalue weighted by Gasteiger charge is 2.54. The molecule has 7 heteroatoms. The number of fused-ring (bicyclic) bond motifs is 9. The maximum absolute atomic E-state index is 14.0. The molecule has 1 saturated carbocycles. The lowest BCUT2D eigenvalue weighted by Gasteiger charge is -2.49. The molecule has 0 bridgehead atoms. The quantitative estimate of drug-likeness (QED) is 0.279. The zero-order valence-electron chi connectivity index (χ0n) is 23.7. The third-order valence-electron chi connectivity index (χ3n) is 10.1. The topological polar surface area (TPSA) is 62.6 Å². The molecule has 0 unspecified atom stereocenters. The molecule has 2 aromatic carbocycles. The van der Waals surface area contributed by atoms with Crippen molar-refractivity contribution in [2.75, 3.05) is 21.3 Å². The van der Waals surface area contributed by atoms with Gasteiger partial charge in [-0.05, 0) is 108 Å². The van der Waals surface area contributed by atoms with Crippen LogP contribution in [-0.4, -0.2) is 30.9 Å². The molecule has 7 rings (SSSR count). The Morgan fingerprint density at radius 1 is 1.05 bits per heavy atom. The molecule has 208 valence electrons. The zero-order valence-corrected chi connectivity index (χ0v) is 24.5. The second-order valence-electron chi connectivity index (χ2n) is 11.9. The first-order valence-corrected chi connectivity index (χ1v) is 15.2. The Hall–Kier alpha value is -3.32. The minimum absolute atomic E-state index is 0.0299. The lowest BCUT2D eigenvalue weighted by atomic mass is 9.55. The Balaban J connectivity index is 1.19. The number of nitrogens with zero attached hydrogens (tertiary/aromatic N) is 2. The van der Waals surface area contributed by atoms with Crippen LogP contribution < -0.4 is 19.8 Å². The summed E-state index contributed by atoms with van der Waals surface area (Å²) in [5, 5.41) is 0.874. The van der Waals surface area contributed by atoms with Gasteiger partial charge in [-0.15, -0.1) is 11.3 Å². The molecule has 4 atom stereocenters. The number of hydrogen-bond acceptors (Lipinski definition) is 6. The van der Waals surface area contributed by atoms with Gasteiger partial charge in [0.2, 0.25) is 0 Å². The number of aromatic nitrogens is 2. The molecule has 3 aliphatic carbocycles. The zero-order chi connectivity index (χ0) is 27.6. The highest BCUT2D eigenvalue weighted by Crippen LogP contribution is 2.62. The molecule has 2 heterocycles. The number of thiophene rings is 1. The monoisotopic (exact) mass is 556 g/mol. The van der Waals surface area contributed by atoms with Gasteiger partial charge >= 0.3 is 0 Å². The highest BCUT2D eigenvalue weighted by molar-refractivity contribution is 7.18. The molecular weight excluding hydrogens is 520 g/mol. The normalized spacial score (nSPS) is 24.6. The largest absolute Gasteiger partial charge is 0.497 e. The Morgan fingerprint density at radius 2 is 1.90 bits per heavy atom. The van der Waals surface area contributed by atoms with Crippen LogP contribution in [0.5, 0.6) is 17.2 Å². The van der Waals surface area contributed by atoms with E-state index in [1.807, 2.05) is 18.2 Å². The lowest BCUT2D eigenvalue weighted by Crippen LogP contribution is -2.43. The van der Waals surface area contributed by atoms with E-state index < -0.39 is 0 Å². The number of ether oxygens (including phenoxy) is 3. The van der Waals surface area contributed by atoms with Crippen LogP contribution >= 0.6 is 11.3 Å². The van der Waals surface area contributed by atoms with Gasteiger partial charge in [0.1, 0.15) is 10.6 Å². The van der Waals surface area contributed by atoms with E-state index in [9.17, 15) is 4.79 Å². The molecule has 0 spiro atoms. The van der Waals surface area contributed by atoms with Crippen molar-refractivity contribution in [1.29, 1.82) is 0 Å². The van der Waals surface area contributed by atoms with Crippen LogP contribution in [0.3, 0.4) is 0 Å². The molecule has 3 aliphatic rings. The third kappa shape index (κ3) is 3.80. The van der Waals surface area contributed by atoms with Crippen LogP contribution in [0, 0.1) is 11.8 Å². The molecule has 4 aromatic rings. The first-order valence-electron chi connectivity index (χ1n) is 14.3. The minimum atomic E-state index is 0.0299. The predicted octanol–water partition coefficient (Wildman–Crippen LogP) is 6.30. The van der Waals surface area contributed by atoms with Crippen molar-refractivity contribution in [3.63, 3.8) is 0 Å². The number of methoxy groups -OCH3 is 3. The molecule has 0 aliphatic heterocycles. The van der Waals surface area contributed by atoms with Crippen LogP contribution in [0.2, 0.25) is 0 Å². The Bertz CT molecular complexity index is 1670. The first-order chi connectivity index (χ1) is 19.4. The van der Waals surface area contributed by atoms with Gasteiger partial charge in [-0.2, -0.15) is 0 Å². The Morgan fingerprint density at radius 3 is 2.70 bits per heavy atom. The highest BCUT2D eigenvalue weighted by atomic mass is 32.1. The molecule has 0 saturated heterocycles. The molecular formula is C33H36N2O4S. The van der Waals surface area contributed by atoms with Crippen molar-refractivity contribution in [2.45, 2.75) is 63.3 Å². The number of benzene rings is 2. The van der Waals surface area contributed by atoms with E-state index in [1.165, 1.54) is 34.4 Å². The summed E-state index contributed by atoms with van der Waals surface area (Å²) in [6, 6.07) is 12.6. The molecule has 40 heavy (non-hydrogen) atoms. The van der Waals surface area contributed by atoms with Crippen LogP contribution in [-0.2, 0) is 31.2 Å². The van der Waals surface area contributed by atoms with Gasteiger partial charge in [-0.3, -0.25) is 9.36 Å². The Labute approximate surface area is 238 Å². The number of aryl methyl sites for hydroxylation is 3. The summed E-state index contributed by atoms with van der Waals surface area (Å²) in [7, 11) is 5.03. The van der Waals surface area contributed by atoms with Gasteiger partial charge < -0.3 is 14.2 Å². The second kappa shape index (κ2) is 9.65. The van der Waals surface area contributed by atoms with Crippen LogP contribution in [0.4, 0.5) is 0 Å². The van der Waals surface area contributed by atoms with Crippen molar-refractivity contribution in [1.82, 2.24) is 9.55 Å². The van der Waals surface area contributed by atoms with E-state index in [4.69, 9.17) is 19.2 Å². The van der Waals surface area contributed by atoms with Gasteiger partial charge in [0.15, 0.2) is 11.5 Å². The van der Waals surface area contributed by atoms with Crippen LogP contribution in [0.15, 0.2) is 47.5 Å². The van der Waals surface area contributed by atoms with E-state index in [2.05, 4.69) is 25.1 Å². The maximum atomic E-state index is 14.0. The summed E-state index contributed by atoms with van der Waals surface area (Å²) < 4.78 is 18.2. The standard InChI is InChI=1S/C33H36N2O4S/c1-33-13-11-23-22-9-7-21(37-2)16-20(22)6-8-24(23)25(33)17-28-30(33)29-31(40-28)34-18-35(32(29)36)14-12-19-5-10-26(38-3)27(15-19)39-4/h5,7,9-10,15-16,18,23-25H,6,8,11-14,17H2,1-4H3/t23-,24-,25+,33-/m1/s1. The van der Waals surface area contributed by atoms with Gasteiger partial charge in [-0.1, -0.05) is 19.1 Å². The van der Waals surface area contributed by atoms with Crippen molar-refractivity contribution in [3.8, 4) is 17.2 Å². The average Bonchev–Trinajstić information content (AvgIpc) is 3.50. The van der Waals surface area contributed by atoms with Gasteiger partial charge in [0.25, 0.3) is 5.56 Å². The fourth-order valence-corrected chi connectivity index (χ4v) is 9.48. The van der Waals surface area contributed by atoms with Gasteiger partial charge in [0, 0.05) is 11.4 Å². The molecule has 0 amide bonds. The minimum Gasteiger partial charge on any atom is -0.497 e. The smallest absolute Gasteiger partial charge is 0.262 e. The van der Waals surface area contributed by atoms with E-state index >= 15 is 0 Å². The van der Waals surface area contributed by atoms with Crippen molar-refractivity contribution in [2.24, 2.45) is 11.8 Å². The van der Waals surface area contributed by atoms with E-state index in [1.54, 1.807) is 43.6 Å². The SMILES string of the molecule is COc1ccc2c(c1)CC[C@@H]1[C@@H]2CC[C@@]2(C)c3c(sc4ncn(CCc5ccc(OC)c(OC)c5)c(=O)c34)C[C@@H]12. The van der Waals surface area contributed by atoms with Crippen LogP contribution in [0.25, 0.3) is 10.2 Å². The van der Waals surface area contributed by atoms with Gasteiger partial charge in [-0.25, -0.2) is 4.98 Å². The van der Waals surface area contributed by atoms with Crippen molar-refractivity contribution in [3.05, 3.63) is 80.2 Å². The summed E-state index contributed by atoms with van der Waals surface area (Å²) in [6.07, 6.45) is 8.13. The lowest BCUT2D eigenvalue weighted by molar-refractivity contribution is 0.106. The summed E-state index contributed by atoms with van der Waals surface area (Å²) in [5.41, 5.74) is 5.54. The predicted molar refractivity (Wildman–Crippen MR) is 158 cm³/mol. The first kappa shape index (κ1) is 25.6.